The number of amides is 1. The lowest BCUT2D eigenvalue weighted by Crippen LogP contribution is -2.49. The smallest absolute Gasteiger partial charge is 0.409 e. The number of rotatable bonds is 5. The summed E-state index contributed by atoms with van der Waals surface area (Å²) in [5.41, 5.74) is 2.76. The minimum absolute atomic E-state index is 0.184. The molecule has 2 aliphatic heterocycles. The first-order chi connectivity index (χ1) is 14.6. The van der Waals surface area contributed by atoms with Crippen LogP contribution in [0.3, 0.4) is 0 Å². The summed E-state index contributed by atoms with van der Waals surface area (Å²) in [5.74, 6) is 1.07. The van der Waals surface area contributed by atoms with E-state index in [4.69, 9.17) is 16.3 Å². The van der Waals surface area contributed by atoms with Crippen molar-refractivity contribution in [3.05, 3.63) is 58.6 Å². The van der Waals surface area contributed by atoms with E-state index in [1.54, 1.807) is 0 Å². The zero-order valence-corrected chi connectivity index (χ0v) is 19.6. The van der Waals surface area contributed by atoms with Crippen LogP contribution in [0.4, 0.5) is 4.79 Å². The number of halogens is 1. The highest BCUT2D eigenvalue weighted by Gasteiger charge is 2.25. The van der Waals surface area contributed by atoms with E-state index in [1.807, 2.05) is 41.4 Å². The normalized spacial score (nSPS) is 19.0. The summed E-state index contributed by atoms with van der Waals surface area (Å²) in [7, 11) is 0. The molecule has 0 saturated carbocycles. The maximum absolute atomic E-state index is 11.9. The molecule has 0 aliphatic carbocycles. The average molecular weight is 463 g/mol. The highest BCUT2D eigenvalue weighted by atomic mass is 35.5. The van der Waals surface area contributed by atoms with Gasteiger partial charge in [0.15, 0.2) is 0 Å². The fourth-order valence-corrected chi connectivity index (χ4v) is 6.64. The van der Waals surface area contributed by atoms with Crippen LogP contribution in [0.2, 0.25) is 5.02 Å². The fourth-order valence-electron chi connectivity index (χ4n) is 3.92. The Kier molecular flexibility index (Phi) is 7.52. The number of benzene rings is 2. The minimum atomic E-state index is -0.184. The summed E-state index contributed by atoms with van der Waals surface area (Å²) in [6.45, 7) is 6.64. The predicted octanol–water partition coefficient (Wildman–Crippen LogP) is 5.60. The first-order valence-electron chi connectivity index (χ1n) is 10.4. The predicted molar refractivity (Wildman–Crippen MR) is 126 cm³/mol. The second-order valence-electron chi connectivity index (χ2n) is 7.48. The van der Waals surface area contributed by atoms with Gasteiger partial charge in [0, 0.05) is 58.5 Å². The molecule has 30 heavy (non-hydrogen) atoms. The van der Waals surface area contributed by atoms with Gasteiger partial charge in [0.1, 0.15) is 0 Å². The van der Waals surface area contributed by atoms with Gasteiger partial charge in [-0.2, -0.15) is 11.8 Å². The van der Waals surface area contributed by atoms with Crippen molar-refractivity contribution in [1.82, 2.24) is 9.80 Å². The summed E-state index contributed by atoms with van der Waals surface area (Å²) in [6, 6.07) is 15.0. The number of hydrogen-bond donors (Lipinski definition) is 0. The Morgan fingerprint density at radius 3 is 2.77 bits per heavy atom. The van der Waals surface area contributed by atoms with Gasteiger partial charge in [0.05, 0.1) is 6.61 Å². The van der Waals surface area contributed by atoms with Crippen LogP contribution in [0.25, 0.3) is 0 Å². The molecule has 1 saturated heterocycles. The third-order valence-corrected chi connectivity index (χ3v) is 8.22. The van der Waals surface area contributed by atoms with Gasteiger partial charge in [-0.25, -0.2) is 4.79 Å². The number of hydrogen-bond acceptors (Lipinski definition) is 5. The second-order valence-corrected chi connectivity index (χ2v) is 10.3. The van der Waals surface area contributed by atoms with E-state index in [0.717, 1.165) is 49.9 Å². The van der Waals surface area contributed by atoms with Gasteiger partial charge < -0.3 is 9.64 Å². The highest BCUT2D eigenvalue weighted by molar-refractivity contribution is 8.00. The van der Waals surface area contributed by atoms with Crippen molar-refractivity contribution in [2.45, 2.75) is 28.4 Å². The molecule has 160 valence electrons. The van der Waals surface area contributed by atoms with Crippen molar-refractivity contribution in [2.75, 3.05) is 45.1 Å². The molecule has 2 aromatic rings. The van der Waals surface area contributed by atoms with Crippen LogP contribution in [-0.4, -0.2) is 61.0 Å². The van der Waals surface area contributed by atoms with E-state index < -0.39 is 0 Å². The van der Waals surface area contributed by atoms with Crippen molar-refractivity contribution in [3.8, 4) is 0 Å². The van der Waals surface area contributed by atoms with E-state index in [9.17, 15) is 4.79 Å². The van der Waals surface area contributed by atoms with Crippen LogP contribution in [0.5, 0.6) is 0 Å². The Morgan fingerprint density at radius 2 is 1.97 bits per heavy atom. The number of carbonyl (C=O) groups is 1. The first-order valence-corrected chi connectivity index (χ1v) is 12.7. The molecule has 4 nitrogen and oxygen atoms in total. The largest absolute Gasteiger partial charge is 0.450 e. The maximum Gasteiger partial charge on any atom is 0.409 e. The van der Waals surface area contributed by atoms with Gasteiger partial charge in [0.25, 0.3) is 0 Å². The lowest BCUT2D eigenvalue weighted by molar-refractivity contribution is 0.0813. The van der Waals surface area contributed by atoms with Crippen LogP contribution < -0.4 is 0 Å². The molecule has 2 heterocycles. The molecular weight excluding hydrogens is 436 g/mol. The van der Waals surface area contributed by atoms with Crippen molar-refractivity contribution in [3.63, 3.8) is 0 Å². The molecule has 1 amide bonds. The molecule has 2 aromatic carbocycles. The van der Waals surface area contributed by atoms with E-state index in [0.29, 0.717) is 11.9 Å². The van der Waals surface area contributed by atoms with Gasteiger partial charge in [-0.05, 0) is 48.7 Å². The fraction of sp³-hybridized carbons (Fsp3) is 0.435. The van der Waals surface area contributed by atoms with Gasteiger partial charge >= 0.3 is 6.09 Å². The van der Waals surface area contributed by atoms with Crippen LogP contribution in [0.15, 0.2) is 52.3 Å². The highest BCUT2D eigenvalue weighted by Crippen LogP contribution is 2.46. The standard InChI is InChI=1S/C23H27ClN2O2S2/c1-2-28-23(27)26-11-9-25(10-12-26)13-14-29-22-16-17-15-18(24)7-8-20(17)30-21-6-4-3-5-19(21)22/h3-8,15,22H,2,9-14,16H2,1H3. The minimum Gasteiger partial charge on any atom is -0.450 e. The van der Waals surface area contributed by atoms with Crippen LogP contribution in [0, 0.1) is 0 Å². The molecule has 1 fully saturated rings. The van der Waals surface area contributed by atoms with Gasteiger partial charge in [-0.15, -0.1) is 0 Å². The molecule has 4 rings (SSSR count). The molecule has 0 aromatic heterocycles. The average Bonchev–Trinajstić information content (AvgIpc) is 2.91. The molecule has 1 atom stereocenters. The Hall–Kier alpha value is -1.34. The summed E-state index contributed by atoms with van der Waals surface area (Å²) < 4.78 is 5.11. The summed E-state index contributed by atoms with van der Waals surface area (Å²) in [5, 5.41) is 1.23. The number of piperazine rings is 1. The lowest BCUT2D eigenvalue weighted by atomic mass is 10.0. The monoisotopic (exact) mass is 462 g/mol. The molecular formula is C23H27ClN2O2S2. The molecule has 1 unspecified atom stereocenters. The number of thioether (sulfide) groups is 1. The van der Waals surface area contributed by atoms with Crippen molar-refractivity contribution in [2.24, 2.45) is 0 Å². The molecule has 0 bridgehead atoms. The van der Waals surface area contributed by atoms with Gasteiger partial charge in [-0.1, -0.05) is 41.6 Å². The Labute approximate surface area is 192 Å². The van der Waals surface area contributed by atoms with Gasteiger partial charge in [0.2, 0.25) is 0 Å². The molecule has 2 aliphatic rings. The third-order valence-electron chi connectivity index (χ3n) is 5.54. The van der Waals surface area contributed by atoms with E-state index in [-0.39, 0.29) is 6.09 Å². The SMILES string of the molecule is CCOC(=O)N1CCN(CCSC2Cc3cc(Cl)ccc3Sc3ccccc32)CC1. The molecule has 0 radical (unpaired) electrons. The number of ether oxygens (including phenoxy) is 1. The summed E-state index contributed by atoms with van der Waals surface area (Å²) >= 11 is 10.2. The zero-order chi connectivity index (χ0) is 20.9. The maximum atomic E-state index is 11.9. The summed E-state index contributed by atoms with van der Waals surface area (Å²) in [6.07, 6.45) is 0.817. The van der Waals surface area contributed by atoms with Crippen molar-refractivity contribution < 1.29 is 9.53 Å². The zero-order valence-electron chi connectivity index (χ0n) is 17.2. The number of fused-ring (bicyclic) bond motifs is 2. The quantitative estimate of drug-likeness (QED) is 0.577. The lowest BCUT2D eigenvalue weighted by Gasteiger charge is -2.34. The van der Waals surface area contributed by atoms with E-state index in [1.165, 1.54) is 20.9 Å². The Morgan fingerprint density at radius 1 is 1.17 bits per heavy atom. The molecule has 7 heteroatoms. The number of carbonyl (C=O) groups excluding carboxylic acids is 1. The number of nitrogens with zero attached hydrogens (tertiary/aromatic N) is 2. The molecule has 0 spiro atoms. The Balaban J connectivity index is 1.36. The van der Waals surface area contributed by atoms with Gasteiger partial charge in [-0.3, -0.25) is 4.90 Å². The molecule has 0 N–H and O–H groups in total. The first kappa shape index (κ1) is 21.9. The van der Waals surface area contributed by atoms with Crippen LogP contribution >= 0.6 is 35.1 Å². The van der Waals surface area contributed by atoms with Crippen molar-refractivity contribution in [1.29, 1.82) is 0 Å². The second kappa shape index (κ2) is 10.3. The topological polar surface area (TPSA) is 32.8 Å². The van der Waals surface area contributed by atoms with Crippen LogP contribution in [0.1, 0.15) is 23.3 Å². The Bertz CT molecular complexity index is 887. The van der Waals surface area contributed by atoms with Crippen molar-refractivity contribution >= 4 is 41.2 Å². The van der Waals surface area contributed by atoms with E-state index >= 15 is 0 Å². The summed E-state index contributed by atoms with van der Waals surface area (Å²) in [4.78, 5) is 18.8. The third kappa shape index (κ3) is 5.28. The van der Waals surface area contributed by atoms with E-state index in [2.05, 4.69) is 41.3 Å². The van der Waals surface area contributed by atoms with Crippen LogP contribution in [-0.2, 0) is 11.2 Å².